The molecule has 0 saturated heterocycles. The Balaban J connectivity index is 2.00. The fraction of sp³-hybridized carbons (Fsp3) is 0.481. The van der Waals surface area contributed by atoms with Crippen LogP contribution in [0.2, 0.25) is 0 Å². The summed E-state index contributed by atoms with van der Waals surface area (Å²) in [7, 11) is 1.56. The van der Waals surface area contributed by atoms with Crippen LogP contribution in [0.4, 0.5) is 0 Å². The van der Waals surface area contributed by atoms with Gasteiger partial charge in [0.15, 0.2) is 11.5 Å². The predicted octanol–water partition coefficient (Wildman–Crippen LogP) is 5.24. The molecule has 184 valence electrons. The number of ether oxygens (including phenoxy) is 2. The van der Waals surface area contributed by atoms with E-state index in [0.717, 1.165) is 31.2 Å². The second-order valence-electron chi connectivity index (χ2n) is 8.96. The first-order chi connectivity index (χ1) is 16.4. The van der Waals surface area contributed by atoms with Gasteiger partial charge in [-0.25, -0.2) is 0 Å². The Kier molecular flexibility index (Phi) is 9.63. The topological polar surface area (TPSA) is 67.9 Å². The van der Waals surface area contributed by atoms with Crippen LogP contribution in [0.1, 0.15) is 63.1 Å². The second-order valence-corrected chi connectivity index (χ2v) is 9.23. The number of hydrogen-bond donors (Lipinski definition) is 1. The minimum atomic E-state index is -0.851. The van der Waals surface area contributed by atoms with Crippen LogP contribution in [0.5, 0.6) is 11.5 Å². The Labute approximate surface area is 207 Å². The molecule has 1 saturated carbocycles. The van der Waals surface area contributed by atoms with Gasteiger partial charge < -0.3 is 19.7 Å². The highest BCUT2D eigenvalue weighted by Crippen LogP contribution is 2.34. The van der Waals surface area contributed by atoms with E-state index < -0.39 is 6.04 Å². The zero-order chi connectivity index (χ0) is 24.5. The molecule has 0 unspecified atom stereocenters. The highest BCUT2D eigenvalue weighted by Gasteiger charge is 2.33. The van der Waals surface area contributed by atoms with Gasteiger partial charge in [-0.3, -0.25) is 9.59 Å². The average molecular weight is 487 g/mol. The first-order valence-electron chi connectivity index (χ1n) is 12.0. The van der Waals surface area contributed by atoms with Gasteiger partial charge in [0.2, 0.25) is 11.8 Å². The van der Waals surface area contributed by atoms with Gasteiger partial charge >= 0.3 is 0 Å². The molecule has 3 rings (SSSR count). The molecule has 1 atom stereocenters. The van der Waals surface area contributed by atoms with Crippen LogP contribution in [0.25, 0.3) is 0 Å². The average Bonchev–Trinajstić information content (AvgIpc) is 2.84. The first kappa shape index (κ1) is 25.9. The van der Waals surface area contributed by atoms with Crippen molar-refractivity contribution in [2.75, 3.05) is 13.0 Å². The number of alkyl halides is 1. The van der Waals surface area contributed by atoms with Gasteiger partial charge in [-0.2, -0.15) is 0 Å². The molecule has 0 bridgehead atoms. The molecule has 2 amide bonds. The molecule has 0 heterocycles. The van der Waals surface area contributed by atoms with Crippen LogP contribution >= 0.6 is 11.6 Å². The molecule has 2 aromatic carbocycles. The van der Waals surface area contributed by atoms with Crippen LogP contribution in [0.15, 0.2) is 48.5 Å². The summed E-state index contributed by atoms with van der Waals surface area (Å²) in [5.41, 5.74) is 1.57. The molecule has 1 N–H and O–H groups in total. The Morgan fingerprint density at radius 1 is 1.06 bits per heavy atom. The summed E-state index contributed by atoms with van der Waals surface area (Å²) < 4.78 is 11.4. The van der Waals surface area contributed by atoms with Crippen LogP contribution in [0, 0.1) is 0 Å². The minimum absolute atomic E-state index is 0.0300. The van der Waals surface area contributed by atoms with Crippen LogP contribution in [-0.4, -0.2) is 41.8 Å². The van der Waals surface area contributed by atoms with Gasteiger partial charge in [0.05, 0.1) is 13.2 Å². The number of amides is 2. The van der Waals surface area contributed by atoms with Gasteiger partial charge in [-0.1, -0.05) is 55.7 Å². The van der Waals surface area contributed by atoms with E-state index >= 15 is 0 Å². The Bertz CT molecular complexity index is 945. The largest absolute Gasteiger partial charge is 0.493 e. The quantitative estimate of drug-likeness (QED) is 0.466. The van der Waals surface area contributed by atoms with Crippen LogP contribution in [-0.2, 0) is 16.1 Å². The first-order valence-corrected chi connectivity index (χ1v) is 12.5. The lowest BCUT2D eigenvalue weighted by molar-refractivity contribution is -0.140. The number of rotatable bonds is 10. The number of halogens is 1. The molecule has 34 heavy (non-hydrogen) atoms. The fourth-order valence-corrected chi connectivity index (χ4v) is 4.54. The molecule has 1 fully saturated rings. The van der Waals surface area contributed by atoms with Crippen molar-refractivity contribution in [3.8, 4) is 11.5 Å². The van der Waals surface area contributed by atoms with E-state index in [1.165, 1.54) is 6.42 Å². The van der Waals surface area contributed by atoms with Gasteiger partial charge in [0, 0.05) is 12.6 Å². The Morgan fingerprint density at radius 3 is 2.38 bits per heavy atom. The zero-order valence-corrected chi connectivity index (χ0v) is 21.0. The van der Waals surface area contributed by atoms with Gasteiger partial charge in [-0.15, -0.1) is 11.6 Å². The van der Waals surface area contributed by atoms with Crippen molar-refractivity contribution in [2.24, 2.45) is 0 Å². The van der Waals surface area contributed by atoms with E-state index in [1.54, 1.807) is 24.1 Å². The molecule has 1 aliphatic rings. The molecular formula is C27H35ClN2O4. The normalized spacial score (nSPS) is 15.0. The maximum Gasteiger partial charge on any atom is 0.247 e. The monoisotopic (exact) mass is 486 g/mol. The predicted molar refractivity (Wildman–Crippen MR) is 134 cm³/mol. The number of benzene rings is 2. The smallest absolute Gasteiger partial charge is 0.247 e. The summed E-state index contributed by atoms with van der Waals surface area (Å²) in [5.74, 6) is 0.369. The standard InChI is InChI=1S/C27H35ClN2O4/c1-19(2)34-23-15-14-21(16-24(23)33-3)26(27(32)29-22-12-8-5-9-13-22)30(25(31)17-28)18-20-10-6-4-7-11-20/h4,6-7,10-11,14-16,19,22,26H,5,8-9,12-13,17-18H2,1-3H3,(H,29,32)/t26-/m0/s1. The third kappa shape index (κ3) is 6.89. The van der Waals surface area contributed by atoms with E-state index in [0.29, 0.717) is 17.1 Å². The third-order valence-electron chi connectivity index (χ3n) is 6.01. The van der Waals surface area contributed by atoms with Gasteiger partial charge in [0.25, 0.3) is 0 Å². The lowest BCUT2D eigenvalue weighted by atomic mass is 9.94. The third-order valence-corrected chi connectivity index (χ3v) is 6.24. The number of nitrogens with zero attached hydrogens (tertiary/aromatic N) is 1. The van der Waals surface area contributed by atoms with Crippen molar-refractivity contribution in [3.05, 3.63) is 59.7 Å². The summed E-state index contributed by atoms with van der Waals surface area (Å²) in [6, 6.07) is 14.3. The molecule has 0 aromatic heterocycles. The number of hydrogen-bond acceptors (Lipinski definition) is 4. The van der Waals surface area contributed by atoms with Crippen LogP contribution < -0.4 is 14.8 Å². The zero-order valence-electron chi connectivity index (χ0n) is 20.3. The molecule has 7 heteroatoms. The molecule has 6 nitrogen and oxygen atoms in total. The van der Waals surface area contributed by atoms with Crippen molar-refractivity contribution in [3.63, 3.8) is 0 Å². The summed E-state index contributed by atoms with van der Waals surface area (Å²) in [6.45, 7) is 4.14. The van der Waals surface area contributed by atoms with Crippen molar-refractivity contribution < 1.29 is 19.1 Å². The Hall–Kier alpha value is -2.73. The van der Waals surface area contributed by atoms with Crippen molar-refractivity contribution in [1.29, 1.82) is 0 Å². The van der Waals surface area contributed by atoms with Crippen molar-refractivity contribution in [2.45, 2.75) is 70.7 Å². The summed E-state index contributed by atoms with van der Waals surface area (Å²) in [6.07, 6.45) is 5.25. The molecule has 0 aliphatic heterocycles. The lowest BCUT2D eigenvalue weighted by Gasteiger charge is -2.33. The fourth-order valence-electron chi connectivity index (χ4n) is 4.39. The second kappa shape index (κ2) is 12.7. The summed E-state index contributed by atoms with van der Waals surface area (Å²) >= 11 is 6.01. The van der Waals surface area contributed by atoms with E-state index in [-0.39, 0.29) is 36.4 Å². The number of nitrogens with one attached hydrogen (secondary N) is 1. The van der Waals surface area contributed by atoms with Crippen molar-refractivity contribution >= 4 is 23.4 Å². The Morgan fingerprint density at radius 2 is 1.76 bits per heavy atom. The number of methoxy groups -OCH3 is 1. The van der Waals surface area contributed by atoms with E-state index in [1.807, 2.05) is 50.2 Å². The molecule has 1 aliphatic carbocycles. The van der Waals surface area contributed by atoms with Crippen molar-refractivity contribution in [1.82, 2.24) is 10.2 Å². The highest BCUT2D eigenvalue weighted by atomic mass is 35.5. The number of carbonyl (C=O) groups excluding carboxylic acids is 2. The minimum Gasteiger partial charge on any atom is -0.493 e. The SMILES string of the molecule is COc1cc([C@@H](C(=O)NC2CCCCC2)N(Cc2ccccc2)C(=O)CCl)ccc1OC(C)C. The lowest BCUT2D eigenvalue weighted by Crippen LogP contribution is -2.47. The highest BCUT2D eigenvalue weighted by molar-refractivity contribution is 6.27. The molecule has 0 spiro atoms. The van der Waals surface area contributed by atoms with Gasteiger partial charge in [0.1, 0.15) is 11.9 Å². The maximum atomic E-state index is 13.7. The molecule has 0 radical (unpaired) electrons. The number of carbonyl (C=O) groups is 2. The van der Waals surface area contributed by atoms with E-state index in [4.69, 9.17) is 21.1 Å². The summed E-state index contributed by atoms with van der Waals surface area (Å²) in [5, 5.41) is 3.20. The van der Waals surface area contributed by atoms with E-state index in [2.05, 4.69) is 5.32 Å². The van der Waals surface area contributed by atoms with Gasteiger partial charge in [-0.05, 0) is 49.9 Å². The molecular weight excluding hydrogens is 452 g/mol. The van der Waals surface area contributed by atoms with Crippen LogP contribution in [0.3, 0.4) is 0 Å². The maximum absolute atomic E-state index is 13.7. The summed E-state index contributed by atoms with van der Waals surface area (Å²) in [4.78, 5) is 28.3. The molecule has 2 aromatic rings. The van der Waals surface area contributed by atoms with E-state index in [9.17, 15) is 9.59 Å².